The van der Waals surface area contributed by atoms with Crippen LogP contribution >= 0.6 is 0 Å². The van der Waals surface area contributed by atoms with Crippen LogP contribution in [0.5, 0.6) is 5.75 Å². The molecule has 1 fully saturated rings. The number of nitrogens with zero attached hydrogens (tertiary/aromatic N) is 4. The van der Waals surface area contributed by atoms with Crippen LogP contribution < -0.4 is 0 Å². The van der Waals surface area contributed by atoms with Crippen LogP contribution in [0.2, 0.25) is 0 Å². The Hall–Kier alpha value is -4.71. The van der Waals surface area contributed by atoms with E-state index < -0.39 is 43.0 Å². The molecule has 38 heavy (non-hydrogen) atoms. The van der Waals surface area contributed by atoms with E-state index in [9.17, 15) is 35.1 Å². The van der Waals surface area contributed by atoms with Gasteiger partial charge in [-0.05, 0) is 31.0 Å². The Morgan fingerprint density at radius 2 is 1.24 bits per heavy atom. The van der Waals surface area contributed by atoms with Crippen LogP contribution in [0.1, 0.15) is 25.0 Å². The van der Waals surface area contributed by atoms with Crippen LogP contribution in [0, 0.1) is 36.3 Å². The van der Waals surface area contributed by atoms with Gasteiger partial charge in [0.2, 0.25) is 0 Å². The molecule has 2 atom stereocenters. The lowest BCUT2D eigenvalue weighted by Crippen LogP contribution is -2.59. The van der Waals surface area contributed by atoms with E-state index in [1.54, 1.807) is 0 Å². The maximum absolute atomic E-state index is 13.4. The normalized spacial score (nSPS) is 18.7. The Bertz CT molecular complexity index is 1290. The van der Waals surface area contributed by atoms with Gasteiger partial charge in [0.1, 0.15) is 0 Å². The zero-order valence-corrected chi connectivity index (χ0v) is 20.9. The molecular weight excluding hydrogens is 496 g/mol. The number of non-ortho nitro benzene ring substituents is 1. The van der Waals surface area contributed by atoms with Crippen LogP contribution in [0.25, 0.3) is 0 Å². The fourth-order valence-electron chi connectivity index (χ4n) is 4.90. The number of nitro benzene ring substituents is 3. The number of phenols is 1. The van der Waals surface area contributed by atoms with Gasteiger partial charge in [0.15, 0.2) is 5.78 Å². The van der Waals surface area contributed by atoms with E-state index in [1.807, 2.05) is 50.4 Å². The largest absolute Gasteiger partial charge is 0.497 e. The van der Waals surface area contributed by atoms with Crippen molar-refractivity contribution in [1.82, 2.24) is 4.90 Å². The SMILES string of the molecule is CC1C(=O)C(c2ccccc2)(c2ccccc2)C(C)CN1C.O=[N+]([O-])c1cc([N+](=O)[O-])c(O)c([N+](=O)[O-])c1. The highest BCUT2D eigenvalue weighted by atomic mass is 16.6. The predicted octanol–water partition coefficient (Wildman–Crippen LogP) is 4.63. The van der Waals surface area contributed by atoms with Gasteiger partial charge >= 0.3 is 11.4 Å². The quantitative estimate of drug-likeness (QED) is 0.370. The summed E-state index contributed by atoms with van der Waals surface area (Å²) in [6, 6.07) is 21.3. The number of likely N-dealkylation sites (N-methyl/N-ethyl adjacent to an activating group) is 1. The number of carbonyl (C=O) groups is 1. The number of ketones is 1. The zero-order chi connectivity index (χ0) is 28.2. The number of piperidine rings is 1. The molecule has 0 aromatic heterocycles. The fourth-order valence-corrected chi connectivity index (χ4v) is 4.90. The minimum absolute atomic E-state index is 0.0726. The molecule has 1 aliphatic heterocycles. The first-order valence-corrected chi connectivity index (χ1v) is 11.6. The first-order valence-electron chi connectivity index (χ1n) is 11.6. The molecule has 0 amide bonds. The van der Waals surface area contributed by atoms with Crippen molar-refractivity contribution in [3.63, 3.8) is 0 Å². The van der Waals surface area contributed by atoms with Crippen LogP contribution in [0.3, 0.4) is 0 Å². The van der Waals surface area contributed by atoms with E-state index in [0.29, 0.717) is 17.9 Å². The molecule has 0 aliphatic carbocycles. The molecule has 198 valence electrons. The molecule has 0 spiro atoms. The molecule has 0 bridgehead atoms. The average molecular weight is 523 g/mol. The number of Topliss-reactive ketones (excluding diaryl/α,β-unsaturated/α-hetero) is 1. The number of hydrogen-bond donors (Lipinski definition) is 1. The lowest BCUT2D eigenvalue weighted by Gasteiger charge is -2.48. The van der Waals surface area contributed by atoms with Gasteiger partial charge in [0.25, 0.3) is 11.4 Å². The summed E-state index contributed by atoms with van der Waals surface area (Å²) in [5, 5.41) is 40.2. The molecule has 0 saturated carbocycles. The van der Waals surface area contributed by atoms with Gasteiger partial charge in [-0.15, -0.1) is 0 Å². The number of hydrogen-bond acceptors (Lipinski definition) is 9. The minimum Gasteiger partial charge on any atom is -0.497 e. The Balaban J connectivity index is 0.000000223. The highest BCUT2D eigenvalue weighted by Gasteiger charge is 2.52. The molecule has 1 saturated heterocycles. The van der Waals surface area contributed by atoms with Crippen molar-refractivity contribution in [1.29, 1.82) is 0 Å². The Morgan fingerprint density at radius 3 is 1.61 bits per heavy atom. The molecule has 3 aromatic rings. The van der Waals surface area contributed by atoms with Crippen molar-refractivity contribution in [3.05, 3.63) is 114 Å². The lowest BCUT2D eigenvalue weighted by molar-refractivity contribution is -0.404. The summed E-state index contributed by atoms with van der Waals surface area (Å²) in [5.41, 5.74) is -1.33. The van der Waals surface area contributed by atoms with Crippen molar-refractivity contribution in [2.45, 2.75) is 25.3 Å². The van der Waals surface area contributed by atoms with Crippen molar-refractivity contribution in [2.24, 2.45) is 5.92 Å². The molecule has 12 nitrogen and oxygen atoms in total. The van der Waals surface area contributed by atoms with E-state index in [2.05, 4.69) is 36.1 Å². The van der Waals surface area contributed by atoms with Crippen molar-refractivity contribution in [2.75, 3.05) is 13.6 Å². The van der Waals surface area contributed by atoms with Crippen LogP contribution in [0.4, 0.5) is 17.1 Å². The molecule has 3 aromatic carbocycles. The molecule has 2 unspecified atom stereocenters. The third kappa shape index (κ3) is 5.06. The van der Waals surface area contributed by atoms with Gasteiger partial charge in [0.05, 0.1) is 38.4 Å². The third-order valence-corrected chi connectivity index (χ3v) is 6.85. The smallest absolute Gasteiger partial charge is 0.324 e. The monoisotopic (exact) mass is 522 g/mol. The highest BCUT2D eigenvalue weighted by molar-refractivity contribution is 5.98. The number of nitro groups is 3. The average Bonchev–Trinajstić information content (AvgIpc) is 2.89. The van der Waals surface area contributed by atoms with E-state index in [4.69, 9.17) is 5.11 Å². The van der Waals surface area contributed by atoms with Gasteiger partial charge < -0.3 is 5.11 Å². The summed E-state index contributed by atoms with van der Waals surface area (Å²) < 4.78 is 0. The molecule has 4 rings (SSSR count). The second kappa shape index (κ2) is 11.1. The van der Waals surface area contributed by atoms with E-state index in [1.165, 1.54) is 0 Å². The van der Waals surface area contributed by atoms with Gasteiger partial charge in [-0.1, -0.05) is 67.6 Å². The predicted molar refractivity (Wildman–Crippen MR) is 138 cm³/mol. The standard InChI is InChI=1S/C20H23NO.C6H3N3O7/c1-15-14-21(3)16(2)19(22)20(15,17-10-6-4-7-11-17)18-12-8-5-9-13-18;10-6-4(8(13)14)1-3(7(11)12)2-5(6)9(15)16/h4-13,15-16H,14H2,1-3H3;1-2,10H. The number of phenolic OH excluding ortho intramolecular Hbond substituents is 1. The number of aromatic hydroxyl groups is 1. The van der Waals surface area contributed by atoms with Crippen LogP contribution in [-0.2, 0) is 10.2 Å². The maximum Gasteiger partial charge on any atom is 0.324 e. The van der Waals surface area contributed by atoms with Crippen LogP contribution in [0.15, 0.2) is 72.8 Å². The van der Waals surface area contributed by atoms with E-state index in [0.717, 1.165) is 17.7 Å². The maximum atomic E-state index is 13.4. The van der Waals surface area contributed by atoms with Crippen molar-refractivity contribution in [3.8, 4) is 5.75 Å². The summed E-state index contributed by atoms with van der Waals surface area (Å²) in [7, 11) is 2.04. The molecule has 12 heteroatoms. The van der Waals surface area contributed by atoms with E-state index in [-0.39, 0.29) is 12.0 Å². The fraction of sp³-hybridized carbons (Fsp3) is 0.269. The second-order valence-corrected chi connectivity index (χ2v) is 9.02. The summed E-state index contributed by atoms with van der Waals surface area (Å²) in [5.74, 6) is -0.683. The van der Waals surface area contributed by atoms with Crippen molar-refractivity contribution < 1.29 is 24.7 Å². The Labute approximate surface area is 217 Å². The topological polar surface area (TPSA) is 170 Å². The lowest BCUT2D eigenvalue weighted by atomic mass is 9.60. The molecule has 1 N–H and O–H groups in total. The van der Waals surface area contributed by atoms with Gasteiger partial charge in [-0.3, -0.25) is 40.0 Å². The van der Waals surface area contributed by atoms with Crippen LogP contribution in [-0.4, -0.2) is 50.2 Å². The number of carbonyl (C=O) groups excluding carboxylic acids is 1. The number of likely N-dealkylation sites (tertiary alicyclic amines) is 1. The van der Waals surface area contributed by atoms with Crippen molar-refractivity contribution >= 4 is 22.8 Å². The Morgan fingerprint density at radius 1 is 0.816 bits per heavy atom. The summed E-state index contributed by atoms with van der Waals surface area (Å²) >= 11 is 0. The first kappa shape index (κ1) is 27.9. The first-order chi connectivity index (χ1) is 17.9. The zero-order valence-electron chi connectivity index (χ0n) is 20.9. The summed E-state index contributed by atoms with van der Waals surface area (Å²) in [4.78, 5) is 43.4. The van der Waals surface area contributed by atoms with Gasteiger partial charge in [-0.25, -0.2) is 0 Å². The number of benzene rings is 3. The summed E-state index contributed by atoms with van der Waals surface area (Å²) in [6.07, 6.45) is 0. The Kier molecular flexibility index (Phi) is 8.16. The molecular formula is C26H26N4O8. The molecule has 1 heterocycles. The van der Waals surface area contributed by atoms with Gasteiger partial charge in [-0.2, -0.15) is 0 Å². The van der Waals surface area contributed by atoms with E-state index >= 15 is 0 Å². The van der Waals surface area contributed by atoms with Gasteiger partial charge in [0, 0.05) is 6.54 Å². The number of rotatable bonds is 5. The molecule has 1 aliphatic rings. The summed E-state index contributed by atoms with van der Waals surface area (Å²) in [6.45, 7) is 5.13. The molecule has 0 radical (unpaired) electrons. The second-order valence-electron chi connectivity index (χ2n) is 9.02. The minimum atomic E-state index is -1.21. The highest BCUT2D eigenvalue weighted by Crippen LogP contribution is 2.44. The third-order valence-electron chi connectivity index (χ3n) is 6.85.